The zero-order valence-corrected chi connectivity index (χ0v) is 16.6. The Bertz CT molecular complexity index is 1040. The molecule has 0 unspecified atom stereocenters. The zero-order chi connectivity index (χ0) is 19.7. The van der Waals surface area contributed by atoms with Gasteiger partial charge < -0.3 is 9.52 Å². The Kier molecular flexibility index (Phi) is 5.23. The van der Waals surface area contributed by atoms with Crippen molar-refractivity contribution in [2.45, 2.75) is 52.1 Å². The van der Waals surface area contributed by atoms with Crippen LogP contribution < -0.4 is 5.63 Å². The monoisotopic (exact) mass is 377 g/mol. The van der Waals surface area contributed by atoms with Crippen LogP contribution in [0.3, 0.4) is 0 Å². The fraction of sp³-hybridized carbons (Fsp3) is 0.375. The Morgan fingerprint density at radius 1 is 1.18 bits per heavy atom. The number of phenols is 1. The number of nitrogens with zero attached hydrogens (tertiary/aromatic N) is 1. The summed E-state index contributed by atoms with van der Waals surface area (Å²) in [5, 5.41) is 11.9. The summed E-state index contributed by atoms with van der Waals surface area (Å²) in [6.07, 6.45) is 4.82. The van der Waals surface area contributed by atoms with Crippen LogP contribution in [0.15, 0.2) is 51.7 Å². The van der Waals surface area contributed by atoms with Crippen molar-refractivity contribution < 1.29 is 9.52 Å². The number of benzene rings is 2. The van der Waals surface area contributed by atoms with Crippen molar-refractivity contribution in [3.8, 4) is 16.9 Å². The predicted molar refractivity (Wildman–Crippen MR) is 113 cm³/mol. The van der Waals surface area contributed by atoms with Crippen LogP contribution in [0.4, 0.5) is 0 Å². The van der Waals surface area contributed by atoms with Crippen LogP contribution in [0, 0.1) is 6.92 Å². The molecule has 1 aliphatic heterocycles. The molecule has 4 rings (SSSR count). The Morgan fingerprint density at radius 2 is 1.96 bits per heavy atom. The Labute approximate surface area is 165 Å². The maximum atomic E-state index is 12.1. The molecule has 1 fully saturated rings. The number of fused-ring (bicyclic) bond motifs is 1. The number of rotatable bonds is 4. The molecule has 4 heteroatoms. The Morgan fingerprint density at radius 3 is 2.71 bits per heavy atom. The number of hydrogen-bond donors (Lipinski definition) is 1. The lowest BCUT2D eigenvalue weighted by atomic mass is 9.94. The van der Waals surface area contributed by atoms with E-state index >= 15 is 0 Å². The fourth-order valence-electron chi connectivity index (χ4n) is 4.46. The number of likely N-dealkylation sites (tertiary alicyclic amines) is 1. The number of piperidine rings is 1. The van der Waals surface area contributed by atoms with E-state index in [1.807, 2.05) is 43.3 Å². The van der Waals surface area contributed by atoms with Crippen LogP contribution in [0.5, 0.6) is 5.75 Å². The van der Waals surface area contributed by atoms with Crippen molar-refractivity contribution in [2.24, 2.45) is 0 Å². The molecule has 1 aliphatic rings. The lowest BCUT2D eigenvalue weighted by Crippen LogP contribution is -2.38. The summed E-state index contributed by atoms with van der Waals surface area (Å²) in [6, 6.07) is 13.6. The second kappa shape index (κ2) is 7.80. The minimum Gasteiger partial charge on any atom is -0.507 e. The summed E-state index contributed by atoms with van der Waals surface area (Å²) in [5.41, 5.74) is 3.54. The molecule has 0 bridgehead atoms. The summed E-state index contributed by atoms with van der Waals surface area (Å²) in [7, 11) is 0. The lowest BCUT2D eigenvalue weighted by molar-refractivity contribution is 0.135. The molecule has 1 N–H and O–H groups in total. The summed E-state index contributed by atoms with van der Waals surface area (Å²) < 4.78 is 5.44. The smallest absolute Gasteiger partial charge is 0.336 e. The summed E-state index contributed by atoms with van der Waals surface area (Å²) in [5.74, 6) is 0.234. The van der Waals surface area contributed by atoms with Gasteiger partial charge in [0.1, 0.15) is 11.3 Å². The molecule has 0 radical (unpaired) electrons. The maximum Gasteiger partial charge on any atom is 0.336 e. The topological polar surface area (TPSA) is 53.7 Å². The van der Waals surface area contributed by atoms with Crippen molar-refractivity contribution in [1.29, 1.82) is 0 Å². The van der Waals surface area contributed by atoms with Crippen molar-refractivity contribution >= 4 is 11.0 Å². The minimum atomic E-state index is -0.403. The van der Waals surface area contributed by atoms with E-state index in [1.54, 1.807) is 0 Å². The molecule has 1 atom stereocenters. The van der Waals surface area contributed by atoms with Crippen LogP contribution in [0.1, 0.15) is 43.7 Å². The van der Waals surface area contributed by atoms with Gasteiger partial charge in [0, 0.05) is 29.8 Å². The number of phenolic OH excluding ortho intramolecular Hbond substituents is 1. The first-order valence-electron chi connectivity index (χ1n) is 10.2. The standard InChI is InChI=1S/C24H27NO3/c1-3-18-11-7-8-12-25(18)15-20-16(2)13-21-23(24(20)27)19(14-22(26)28-21)17-9-5-4-6-10-17/h4-6,9-10,13-14,18,27H,3,7-8,11-12,15H2,1-2H3/t18-/m1/s1. The summed E-state index contributed by atoms with van der Waals surface area (Å²) in [6.45, 7) is 6.00. The van der Waals surface area contributed by atoms with Crippen molar-refractivity contribution in [2.75, 3.05) is 6.54 Å². The van der Waals surface area contributed by atoms with Gasteiger partial charge in [0.25, 0.3) is 0 Å². The van der Waals surface area contributed by atoms with Gasteiger partial charge in [-0.05, 0) is 49.9 Å². The first-order valence-corrected chi connectivity index (χ1v) is 10.2. The second-order valence-corrected chi connectivity index (χ2v) is 7.77. The third-order valence-electron chi connectivity index (χ3n) is 6.00. The largest absolute Gasteiger partial charge is 0.507 e. The molecular weight excluding hydrogens is 350 g/mol. The van der Waals surface area contributed by atoms with E-state index in [-0.39, 0.29) is 5.75 Å². The van der Waals surface area contributed by atoms with E-state index in [2.05, 4.69) is 11.8 Å². The van der Waals surface area contributed by atoms with E-state index in [0.29, 0.717) is 17.0 Å². The predicted octanol–water partition coefficient (Wildman–Crippen LogP) is 5.24. The number of aryl methyl sites for hydroxylation is 1. The third kappa shape index (κ3) is 3.45. The molecule has 3 aromatic rings. The molecule has 146 valence electrons. The normalized spacial score (nSPS) is 17.9. The number of aromatic hydroxyl groups is 1. The first-order chi connectivity index (χ1) is 13.6. The molecule has 0 spiro atoms. The molecule has 0 aliphatic carbocycles. The van der Waals surface area contributed by atoms with Gasteiger partial charge in [0.05, 0.1) is 5.39 Å². The van der Waals surface area contributed by atoms with Crippen LogP contribution in [0.2, 0.25) is 0 Å². The van der Waals surface area contributed by atoms with Gasteiger partial charge in [0.2, 0.25) is 0 Å². The highest BCUT2D eigenvalue weighted by Crippen LogP contribution is 2.39. The molecule has 0 saturated carbocycles. The highest BCUT2D eigenvalue weighted by molar-refractivity contribution is 5.98. The van der Waals surface area contributed by atoms with Crippen LogP contribution in [-0.4, -0.2) is 22.6 Å². The summed E-state index contributed by atoms with van der Waals surface area (Å²) in [4.78, 5) is 14.6. The molecular formula is C24H27NO3. The summed E-state index contributed by atoms with van der Waals surface area (Å²) >= 11 is 0. The quantitative estimate of drug-likeness (QED) is 0.632. The van der Waals surface area contributed by atoms with E-state index in [1.165, 1.54) is 25.3 Å². The molecule has 0 amide bonds. The van der Waals surface area contributed by atoms with Crippen LogP contribution in [-0.2, 0) is 6.54 Å². The molecule has 28 heavy (non-hydrogen) atoms. The van der Waals surface area contributed by atoms with Crippen LogP contribution >= 0.6 is 0 Å². The van der Waals surface area contributed by atoms with Gasteiger partial charge in [-0.25, -0.2) is 4.79 Å². The molecule has 1 aromatic heterocycles. The maximum absolute atomic E-state index is 12.1. The van der Waals surface area contributed by atoms with Gasteiger partial charge in [-0.15, -0.1) is 0 Å². The Balaban J connectivity index is 1.87. The van der Waals surface area contributed by atoms with Gasteiger partial charge in [0.15, 0.2) is 0 Å². The van der Waals surface area contributed by atoms with Crippen molar-refractivity contribution in [3.63, 3.8) is 0 Å². The molecule has 4 nitrogen and oxygen atoms in total. The van der Waals surface area contributed by atoms with Gasteiger partial charge in [-0.3, -0.25) is 4.90 Å². The van der Waals surface area contributed by atoms with E-state index < -0.39 is 5.63 Å². The molecule has 2 heterocycles. The van der Waals surface area contributed by atoms with Crippen molar-refractivity contribution in [3.05, 3.63) is 64.0 Å². The van der Waals surface area contributed by atoms with Crippen LogP contribution in [0.25, 0.3) is 22.1 Å². The Hall–Kier alpha value is -2.59. The van der Waals surface area contributed by atoms with E-state index in [4.69, 9.17) is 4.42 Å². The van der Waals surface area contributed by atoms with Gasteiger partial charge >= 0.3 is 5.63 Å². The minimum absolute atomic E-state index is 0.234. The van der Waals surface area contributed by atoms with Crippen molar-refractivity contribution in [1.82, 2.24) is 4.90 Å². The molecule has 1 saturated heterocycles. The first kappa shape index (κ1) is 18.8. The second-order valence-electron chi connectivity index (χ2n) is 7.77. The fourth-order valence-corrected chi connectivity index (χ4v) is 4.46. The average molecular weight is 377 g/mol. The van der Waals surface area contributed by atoms with E-state index in [0.717, 1.165) is 41.8 Å². The lowest BCUT2D eigenvalue weighted by Gasteiger charge is -2.35. The van der Waals surface area contributed by atoms with E-state index in [9.17, 15) is 9.90 Å². The average Bonchev–Trinajstić information content (AvgIpc) is 2.71. The third-order valence-corrected chi connectivity index (χ3v) is 6.00. The van der Waals surface area contributed by atoms with Gasteiger partial charge in [-0.1, -0.05) is 43.7 Å². The molecule has 2 aromatic carbocycles. The highest BCUT2D eigenvalue weighted by Gasteiger charge is 2.24. The SMILES string of the molecule is CC[C@@H]1CCCCN1Cc1c(C)cc2oc(=O)cc(-c3ccccc3)c2c1O. The zero-order valence-electron chi connectivity index (χ0n) is 16.6. The highest BCUT2D eigenvalue weighted by atomic mass is 16.4. The number of hydrogen-bond acceptors (Lipinski definition) is 4. The van der Waals surface area contributed by atoms with Gasteiger partial charge in [-0.2, -0.15) is 0 Å².